The first-order valence-corrected chi connectivity index (χ1v) is 15.1. The Kier molecular flexibility index (Phi) is 20.1. The van der Waals surface area contributed by atoms with Crippen molar-refractivity contribution >= 4 is 23.2 Å². The Morgan fingerprint density at radius 1 is 1.09 bits per heavy atom. The number of rotatable bonds is 14. The summed E-state index contributed by atoms with van der Waals surface area (Å²) in [4.78, 5) is 6.73. The van der Waals surface area contributed by atoms with Gasteiger partial charge in [-0.3, -0.25) is 0 Å². The van der Waals surface area contributed by atoms with E-state index >= 15 is 0 Å². The van der Waals surface area contributed by atoms with E-state index in [-0.39, 0.29) is 11.9 Å². The molecule has 0 aliphatic heterocycles. The molecule has 1 heterocycles. The average molecular weight is 585 g/mol. The molecule has 0 atom stereocenters. The van der Waals surface area contributed by atoms with Gasteiger partial charge in [-0.15, -0.1) is 6.42 Å². The van der Waals surface area contributed by atoms with Gasteiger partial charge in [0.2, 0.25) is 0 Å². The van der Waals surface area contributed by atoms with E-state index in [4.69, 9.17) is 6.42 Å². The highest BCUT2D eigenvalue weighted by Gasteiger charge is 2.08. The molecule has 0 bridgehead atoms. The van der Waals surface area contributed by atoms with E-state index in [1.54, 1.807) is 13.1 Å². The average Bonchev–Trinajstić information content (AvgIpc) is 3.01. The molecule has 0 amide bonds. The van der Waals surface area contributed by atoms with Gasteiger partial charge in [-0.25, -0.2) is 9.37 Å². The normalized spacial score (nSPS) is 11.2. The number of benzene rings is 1. The van der Waals surface area contributed by atoms with Crippen LogP contribution in [0.5, 0.6) is 0 Å². The fourth-order valence-corrected chi connectivity index (χ4v) is 3.98. The Balaban J connectivity index is 0.000000878. The molecule has 232 valence electrons. The Hall–Kier alpha value is -4.30. The molecule has 0 radical (unpaired) electrons. The van der Waals surface area contributed by atoms with E-state index in [9.17, 15) is 4.39 Å². The topological polar surface area (TPSA) is 40.2 Å². The van der Waals surface area contributed by atoms with Crippen LogP contribution in [0, 0.1) is 18.2 Å². The van der Waals surface area contributed by atoms with Crippen molar-refractivity contribution in [3.05, 3.63) is 114 Å². The zero-order valence-corrected chi connectivity index (χ0v) is 27.7. The van der Waals surface area contributed by atoms with Crippen molar-refractivity contribution in [3.63, 3.8) is 0 Å². The van der Waals surface area contributed by atoms with Crippen LogP contribution in [0.25, 0.3) is 11.6 Å². The lowest BCUT2D eigenvalue weighted by Gasteiger charge is -2.22. The van der Waals surface area contributed by atoms with Crippen LogP contribution in [-0.4, -0.2) is 31.2 Å². The van der Waals surface area contributed by atoms with Gasteiger partial charge in [-0.05, 0) is 104 Å². The highest BCUT2D eigenvalue weighted by atomic mass is 19.1. The third-order valence-electron chi connectivity index (χ3n) is 5.97. The Morgan fingerprint density at radius 2 is 1.74 bits per heavy atom. The number of terminal acetylenes is 1. The summed E-state index contributed by atoms with van der Waals surface area (Å²) in [6.45, 7) is 28.0. The first-order chi connectivity index (χ1) is 20.6. The number of nitrogens with one attached hydrogen (secondary N) is 2. The molecule has 0 aliphatic carbocycles. The van der Waals surface area contributed by atoms with Crippen molar-refractivity contribution in [3.8, 4) is 12.3 Å². The molecule has 2 aromatic rings. The molecule has 0 saturated heterocycles. The molecule has 0 aliphatic rings. The van der Waals surface area contributed by atoms with Gasteiger partial charge >= 0.3 is 0 Å². The number of anilines is 2. The SMILES string of the molecule is C#C\C(=C/C(=C/C(=C\C)c1cc(F)cc(NC(C)C)c1)C(=C)C=C)NC.C=Cc1ccnc(N(CCC)CCC)c1.CC. The van der Waals surface area contributed by atoms with Gasteiger partial charge in [-0.2, -0.15) is 0 Å². The standard InChI is InChI=1S/C23H27FN2.C13H20N2.C2H6/c1-8-17(6)19(13-22(10-3)25-7)11-18(9-2)20-12-21(24)15-23(14-20)26-16(4)5;1-4-9-15(10-5-2)13-11-12(6-3)7-8-14-13;1-2/h3,8-9,11-16,25-26H,1,6H2,2,4-5,7H3;6-8,11H,3-5,9-10H2,1-2H3;1-2H3/b18-9+,19-11-,22-13+;;. The summed E-state index contributed by atoms with van der Waals surface area (Å²) in [5, 5.41) is 6.18. The molecule has 5 heteroatoms. The molecule has 0 saturated carbocycles. The van der Waals surface area contributed by atoms with Crippen molar-refractivity contribution in [1.29, 1.82) is 0 Å². The van der Waals surface area contributed by atoms with E-state index in [0.717, 1.165) is 65.3 Å². The van der Waals surface area contributed by atoms with Crippen LogP contribution in [-0.2, 0) is 0 Å². The first-order valence-electron chi connectivity index (χ1n) is 15.1. The number of hydrogen-bond donors (Lipinski definition) is 2. The molecular formula is C38H53FN4. The van der Waals surface area contributed by atoms with Crippen LogP contribution in [0.4, 0.5) is 15.9 Å². The molecule has 0 unspecified atom stereocenters. The summed E-state index contributed by atoms with van der Waals surface area (Å²) in [6, 6.07) is 9.21. The van der Waals surface area contributed by atoms with Gasteiger partial charge in [-0.1, -0.05) is 71.6 Å². The number of hydrogen-bond acceptors (Lipinski definition) is 4. The van der Waals surface area contributed by atoms with Gasteiger partial charge in [0.25, 0.3) is 0 Å². The van der Waals surface area contributed by atoms with Gasteiger partial charge in [0.15, 0.2) is 0 Å². The van der Waals surface area contributed by atoms with Gasteiger partial charge in [0.05, 0.1) is 5.70 Å². The van der Waals surface area contributed by atoms with E-state index < -0.39 is 0 Å². The molecule has 0 fully saturated rings. The predicted molar refractivity (Wildman–Crippen MR) is 191 cm³/mol. The lowest BCUT2D eigenvalue weighted by molar-refractivity contribution is 0.627. The maximum atomic E-state index is 14.1. The maximum Gasteiger partial charge on any atom is 0.129 e. The van der Waals surface area contributed by atoms with Crippen molar-refractivity contribution in [1.82, 2.24) is 10.3 Å². The third-order valence-corrected chi connectivity index (χ3v) is 5.97. The van der Waals surface area contributed by atoms with Crippen LogP contribution in [0.3, 0.4) is 0 Å². The van der Waals surface area contributed by atoms with Gasteiger partial charge < -0.3 is 15.5 Å². The van der Waals surface area contributed by atoms with Crippen LogP contribution in [0.2, 0.25) is 0 Å². The number of nitrogens with zero attached hydrogens (tertiary/aromatic N) is 2. The highest BCUT2D eigenvalue weighted by molar-refractivity contribution is 5.78. The molecule has 2 N–H and O–H groups in total. The molecule has 43 heavy (non-hydrogen) atoms. The lowest BCUT2D eigenvalue weighted by atomic mass is 9.98. The van der Waals surface area contributed by atoms with E-state index in [1.165, 1.54) is 12.1 Å². The Labute approximate surface area is 261 Å². The van der Waals surface area contributed by atoms with Crippen molar-refractivity contribution in [2.75, 3.05) is 30.4 Å². The van der Waals surface area contributed by atoms with E-state index in [0.29, 0.717) is 5.70 Å². The van der Waals surface area contributed by atoms with E-state index in [2.05, 4.69) is 66.1 Å². The summed E-state index contributed by atoms with van der Waals surface area (Å²) < 4.78 is 14.1. The Morgan fingerprint density at radius 3 is 2.23 bits per heavy atom. The predicted octanol–water partition coefficient (Wildman–Crippen LogP) is 9.83. The van der Waals surface area contributed by atoms with Crippen LogP contribution < -0.4 is 15.5 Å². The number of aromatic nitrogens is 1. The maximum absolute atomic E-state index is 14.1. The molecule has 4 nitrogen and oxygen atoms in total. The fraction of sp³-hybridized carbons (Fsp3) is 0.342. The number of halogens is 1. The summed E-state index contributed by atoms with van der Waals surface area (Å²) in [6.07, 6.45) is 18.8. The van der Waals surface area contributed by atoms with Crippen LogP contribution in [0.1, 0.15) is 72.4 Å². The second kappa shape index (κ2) is 22.3. The van der Waals surface area contributed by atoms with Gasteiger partial charge in [0, 0.05) is 38.1 Å². The number of allylic oxidation sites excluding steroid dienone is 8. The van der Waals surface area contributed by atoms with Crippen molar-refractivity contribution < 1.29 is 4.39 Å². The molecular weight excluding hydrogens is 531 g/mol. The Bertz CT molecular complexity index is 1290. The van der Waals surface area contributed by atoms with Crippen LogP contribution >= 0.6 is 0 Å². The zero-order chi connectivity index (χ0) is 32.8. The summed E-state index contributed by atoms with van der Waals surface area (Å²) >= 11 is 0. The summed E-state index contributed by atoms with van der Waals surface area (Å²) in [5.41, 5.74) is 5.65. The van der Waals surface area contributed by atoms with Gasteiger partial charge in [0.1, 0.15) is 11.6 Å². The largest absolute Gasteiger partial charge is 0.383 e. The second-order valence-electron chi connectivity index (χ2n) is 9.69. The summed E-state index contributed by atoms with van der Waals surface area (Å²) in [7, 11) is 1.76. The monoisotopic (exact) mass is 584 g/mol. The van der Waals surface area contributed by atoms with Crippen molar-refractivity contribution in [2.45, 2.75) is 67.3 Å². The number of pyridine rings is 1. The minimum absolute atomic E-state index is 0.210. The molecule has 1 aromatic carbocycles. The van der Waals surface area contributed by atoms with E-state index in [1.807, 2.05) is 77.3 Å². The molecule has 2 rings (SSSR count). The first kappa shape index (κ1) is 38.7. The third kappa shape index (κ3) is 14.4. The van der Waals surface area contributed by atoms with Crippen LogP contribution in [0.15, 0.2) is 97.4 Å². The molecule has 1 aromatic heterocycles. The summed E-state index contributed by atoms with van der Waals surface area (Å²) in [5.74, 6) is 3.35. The minimum Gasteiger partial charge on any atom is -0.383 e. The minimum atomic E-state index is -0.294. The van der Waals surface area contributed by atoms with Crippen molar-refractivity contribution in [2.24, 2.45) is 0 Å². The molecule has 0 spiro atoms. The second-order valence-corrected chi connectivity index (χ2v) is 9.69. The zero-order valence-electron chi connectivity index (χ0n) is 27.7. The highest BCUT2D eigenvalue weighted by Crippen LogP contribution is 2.26. The fourth-order valence-electron chi connectivity index (χ4n) is 3.98. The smallest absolute Gasteiger partial charge is 0.129 e. The quantitative estimate of drug-likeness (QED) is 0.171. The lowest BCUT2D eigenvalue weighted by Crippen LogP contribution is -2.25.